The Bertz CT molecular complexity index is 481. The predicted molar refractivity (Wildman–Crippen MR) is 76.3 cm³/mol. The Labute approximate surface area is 115 Å². The van der Waals surface area contributed by atoms with Gasteiger partial charge in [0, 0.05) is 0 Å². The molecule has 0 heterocycles. The van der Waals surface area contributed by atoms with Crippen LogP contribution in [0.4, 0.5) is 0 Å². The van der Waals surface area contributed by atoms with Crippen LogP contribution in [0.5, 0.6) is 0 Å². The SMILES string of the molecule is CCNC1(CC(=O)O)CCC(C)(C)c2ccccc21. The minimum atomic E-state index is -0.740. The third-order valence-electron chi connectivity index (χ3n) is 4.32. The Morgan fingerprint density at radius 1 is 1.26 bits per heavy atom. The second-order valence-corrected chi connectivity index (χ2v) is 6.11. The number of rotatable bonds is 4. The first-order valence-electron chi connectivity index (χ1n) is 6.98. The second-order valence-electron chi connectivity index (χ2n) is 6.11. The Hall–Kier alpha value is -1.35. The van der Waals surface area contributed by atoms with Crippen LogP contribution < -0.4 is 5.32 Å². The maximum Gasteiger partial charge on any atom is 0.305 e. The molecule has 0 bridgehead atoms. The molecule has 0 saturated carbocycles. The molecule has 0 spiro atoms. The van der Waals surface area contributed by atoms with E-state index >= 15 is 0 Å². The van der Waals surface area contributed by atoms with Gasteiger partial charge in [-0.2, -0.15) is 0 Å². The number of fused-ring (bicyclic) bond motifs is 1. The molecule has 0 radical (unpaired) electrons. The van der Waals surface area contributed by atoms with Crippen molar-refractivity contribution in [3.05, 3.63) is 35.4 Å². The van der Waals surface area contributed by atoms with E-state index < -0.39 is 11.5 Å². The number of aliphatic carboxylic acids is 1. The van der Waals surface area contributed by atoms with Crippen molar-refractivity contribution in [1.82, 2.24) is 5.32 Å². The molecular weight excluding hydrogens is 238 g/mol. The van der Waals surface area contributed by atoms with E-state index in [-0.39, 0.29) is 11.8 Å². The van der Waals surface area contributed by atoms with Gasteiger partial charge < -0.3 is 10.4 Å². The van der Waals surface area contributed by atoms with E-state index in [0.29, 0.717) is 0 Å². The van der Waals surface area contributed by atoms with Crippen LogP contribution in [0.15, 0.2) is 24.3 Å². The number of nitrogens with one attached hydrogen (secondary N) is 1. The van der Waals surface area contributed by atoms with Crippen molar-refractivity contribution in [1.29, 1.82) is 0 Å². The molecule has 1 aromatic carbocycles. The van der Waals surface area contributed by atoms with Crippen molar-refractivity contribution in [2.75, 3.05) is 6.54 Å². The Morgan fingerprint density at radius 3 is 2.47 bits per heavy atom. The number of hydrogen-bond donors (Lipinski definition) is 2. The van der Waals surface area contributed by atoms with Crippen LogP contribution in [0.3, 0.4) is 0 Å². The smallest absolute Gasteiger partial charge is 0.305 e. The van der Waals surface area contributed by atoms with Crippen molar-refractivity contribution in [3.8, 4) is 0 Å². The third kappa shape index (κ3) is 2.52. The van der Waals surface area contributed by atoms with Gasteiger partial charge in [0.1, 0.15) is 0 Å². The summed E-state index contributed by atoms with van der Waals surface area (Å²) in [5.41, 5.74) is 2.15. The van der Waals surface area contributed by atoms with Crippen molar-refractivity contribution in [2.45, 2.75) is 51.0 Å². The van der Waals surface area contributed by atoms with Gasteiger partial charge in [0.15, 0.2) is 0 Å². The van der Waals surface area contributed by atoms with Crippen LogP contribution >= 0.6 is 0 Å². The summed E-state index contributed by atoms with van der Waals surface area (Å²) in [5.74, 6) is -0.740. The van der Waals surface area contributed by atoms with Gasteiger partial charge in [0.25, 0.3) is 0 Å². The van der Waals surface area contributed by atoms with Gasteiger partial charge >= 0.3 is 5.97 Å². The van der Waals surface area contributed by atoms with Gasteiger partial charge in [-0.05, 0) is 35.9 Å². The third-order valence-corrected chi connectivity index (χ3v) is 4.32. The monoisotopic (exact) mass is 261 g/mol. The summed E-state index contributed by atoms with van der Waals surface area (Å²) in [5, 5.41) is 12.7. The van der Waals surface area contributed by atoms with E-state index in [4.69, 9.17) is 0 Å². The first-order chi connectivity index (χ1) is 8.91. The Morgan fingerprint density at radius 2 is 1.89 bits per heavy atom. The fraction of sp³-hybridized carbons (Fsp3) is 0.562. The molecule has 3 nitrogen and oxygen atoms in total. The molecule has 1 aliphatic carbocycles. The van der Waals surface area contributed by atoms with Crippen LogP contribution in [0.25, 0.3) is 0 Å². The van der Waals surface area contributed by atoms with E-state index in [1.165, 1.54) is 5.56 Å². The summed E-state index contributed by atoms with van der Waals surface area (Å²) in [6.07, 6.45) is 2.02. The minimum Gasteiger partial charge on any atom is -0.481 e. The van der Waals surface area contributed by atoms with Gasteiger partial charge in [0.05, 0.1) is 12.0 Å². The number of carbonyl (C=O) groups is 1. The highest BCUT2D eigenvalue weighted by Gasteiger charge is 2.43. The van der Waals surface area contributed by atoms with Crippen molar-refractivity contribution in [2.24, 2.45) is 0 Å². The summed E-state index contributed by atoms with van der Waals surface area (Å²) in [4.78, 5) is 11.3. The van der Waals surface area contributed by atoms with E-state index in [1.807, 2.05) is 19.1 Å². The molecule has 1 unspecified atom stereocenters. The van der Waals surface area contributed by atoms with Crippen LogP contribution in [0, 0.1) is 0 Å². The topological polar surface area (TPSA) is 49.3 Å². The molecule has 3 heteroatoms. The highest BCUT2D eigenvalue weighted by molar-refractivity contribution is 5.69. The standard InChI is InChI=1S/C16H23NO2/c1-4-17-16(11-14(18)19)10-9-15(2,3)12-7-5-6-8-13(12)16/h5-8,17H,4,9-11H2,1-3H3,(H,18,19). The van der Waals surface area contributed by atoms with Crippen LogP contribution in [0.2, 0.25) is 0 Å². The van der Waals surface area contributed by atoms with Crippen molar-refractivity contribution in [3.63, 3.8) is 0 Å². The van der Waals surface area contributed by atoms with E-state index in [9.17, 15) is 9.90 Å². The number of carboxylic acids is 1. The minimum absolute atomic E-state index is 0.119. The van der Waals surface area contributed by atoms with Crippen molar-refractivity contribution >= 4 is 5.97 Å². The van der Waals surface area contributed by atoms with Gasteiger partial charge in [0.2, 0.25) is 0 Å². The van der Waals surface area contributed by atoms with Crippen LogP contribution in [-0.4, -0.2) is 17.6 Å². The zero-order valence-corrected chi connectivity index (χ0v) is 12.0. The molecule has 0 aliphatic heterocycles. The van der Waals surface area contributed by atoms with Gasteiger partial charge in [-0.3, -0.25) is 4.79 Å². The first-order valence-corrected chi connectivity index (χ1v) is 6.98. The molecule has 2 N–H and O–H groups in total. The van der Waals surface area contributed by atoms with Gasteiger partial charge in [-0.15, -0.1) is 0 Å². The molecule has 0 amide bonds. The fourth-order valence-electron chi connectivity index (χ4n) is 3.31. The van der Waals surface area contributed by atoms with Crippen LogP contribution in [-0.2, 0) is 15.7 Å². The van der Waals surface area contributed by atoms with E-state index in [2.05, 4.69) is 31.3 Å². The average Bonchev–Trinajstić information content (AvgIpc) is 2.35. The summed E-state index contributed by atoms with van der Waals surface area (Å²) in [6.45, 7) is 7.29. The summed E-state index contributed by atoms with van der Waals surface area (Å²) >= 11 is 0. The quantitative estimate of drug-likeness (QED) is 0.876. The molecule has 0 saturated heterocycles. The molecule has 0 fully saturated rings. The maximum absolute atomic E-state index is 11.3. The van der Waals surface area contributed by atoms with Gasteiger partial charge in [-0.25, -0.2) is 0 Å². The predicted octanol–water partition coefficient (Wildman–Crippen LogP) is 3.04. The Balaban J connectivity index is 2.54. The molecule has 1 aliphatic rings. The molecule has 1 atom stereocenters. The highest BCUT2D eigenvalue weighted by atomic mass is 16.4. The number of carboxylic acid groups (broad SMARTS) is 1. The average molecular weight is 261 g/mol. The number of benzene rings is 1. The molecule has 104 valence electrons. The summed E-state index contributed by atoms with van der Waals surface area (Å²) < 4.78 is 0. The zero-order chi connectivity index (χ0) is 14.1. The van der Waals surface area contributed by atoms with E-state index in [0.717, 1.165) is 24.9 Å². The highest BCUT2D eigenvalue weighted by Crippen LogP contribution is 2.46. The van der Waals surface area contributed by atoms with E-state index in [1.54, 1.807) is 0 Å². The lowest BCUT2D eigenvalue weighted by molar-refractivity contribution is -0.139. The zero-order valence-electron chi connectivity index (χ0n) is 12.0. The molecule has 0 aromatic heterocycles. The molecule has 19 heavy (non-hydrogen) atoms. The Kier molecular flexibility index (Phi) is 3.68. The molecule has 2 rings (SSSR count). The largest absolute Gasteiger partial charge is 0.481 e. The lowest BCUT2D eigenvalue weighted by atomic mass is 9.64. The molecular formula is C16H23NO2. The maximum atomic E-state index is 11.3. The number of hydrogen-bond acceptors (Lipinski definition) is 2. The second kappa shape index (κ2) is 4.97. The normalized spacial score (nSPS) is 24.8. The summed E-state index contributed by atoms with van der Waals surface area (Å²) in [6, 6.07) is 8.28. The lowest BCUT2D eigenvalue weighted by Crippen LogP contribution is -2.49. The molecule has 1 aromatic rings. The van der Waals surface area contributed by atoms with Gasteiger partial charge in [-0.1, -0.05) is 45.0 Å². The van der Waals surface area contributed by atoms with Crippen molar-refractivity contribution < 1.29 is 9.90 Å². The van der Waals surface area contributed by atoms with Crippen LogP contribution in [0.1, 0.15) is 51.2 Å². The first kappa shape index (κ1) is 14.1. The summed E-state index contributed by atoms with van der Waals surface area (Å²) in [7, 11) is 0. The fourth-order valence-corrected chi connectivity index (χ4v) is 3.31. The lowest BCUT2D eigenvalue weighted by Gasteiger charge is -2.45.